The zero-order valence-electron chi connectivity index (χ0n) is 22.1. The molecule has 33 heavy (non-hydrogen) atoms. The van der Waals surface area contributed by atoms with E-state index in [1.807, 2.05) is 30.3 Å². The highest BCUT2D eigenvalue weighted by Gasteiger charge is 2.53. The van der Waals surface area contributed by atoms with E-state index in [0.29, 0.717) is 13.2 Å². The summed E-state index contributed by atoms with van der Waals surface area (Å²) in [6, 6.07) is 9.47. The van der Waals surface area contributed by atoms with Gasteiger partial charge in [0.15, 0.2) is 22.9 Å². The van der Waals surface area contributed by atoms with Gasteiger partial charge in [-0.2, -0.15) is 0 Å². The van der Waals surface area contributed by atoms with Gasteiger partial charge in [-0.25, -0.2) is 0 Å². The number of hydrogen-bond donors (Lipinski definition) is 0. The van der Waals surface area contributed by atoms with Gasteiger partial charge >= 0.3 is 0 Å². The topological polar surface area (TPSA) is 85.7 Å². The number of azide groups is 1. The number of nitrogens with zero attached hydrogens (tertiary/aromatic N) is 3. The van der Waals surface area contributed by atoms with Crippen LogP contribution in [0.1, 0.15) is 47.1 Å². The zero-order chi connectivity index (χ0) is 25.1. The van der Waals surface area contributed by atoms with Crippen molar-refractivity contribution >= 4 is 16.6 Å². The molecule has 0 radical (unpaired) electrons. The van der Waals surface area contributed by atoms with Crippen molar-refractivity contribution in [1.29, 1.82) is 0 Å². The fourth-order valence-electron chi connectivity index (χ4n) is 3.11. The predicted molar refractivity (Wildman–Crippen MR) is 138 cm³/mol. The first-order valence-electron chi connectivity index (χ1n) is 11.8. The van der Waals surface area contributed by atoms with E-state index >= 15 is 0 Å². The molecule has 0 saturated carbocycles. The monoisotopic (exact) mass is 493 g/mol. The predicted octanol–water partition coefficient (Wildman–Crippen LogP) is 7.02. The van der Waals surface area contributed by atoms with Crippen LogP contribution in [0.25, 0.3) is 10.4 Å². The Morgan fingerprint density at radius 1 is 0.939 bits per heavy atom. The van der Waals surface area contributed by atoms with Crippen molar-refractivity contribution in [3.63, 3.8) is 0 Å². The van der Waals surface area contributed by atoms with Crippen LogP contribution in [0.3, 0.4) is 0 Å². The number of benzene rings is 1. The van der Waals surface area contributed by atoms with E-state index in [1.165, 1.54) is 0 Å². The van der Waals surface area contributed by atoms with Crippen LogP contribution < -0.4 is 0 Å². The second-order valence-electron chi connectivity index (χ2n) is 12.0. The molecule has 1 aliphatic rings. The molecule has 0 aliphatic carbocycles. The molecular weight excluding hydrogens is 450 g/mol. The van der Waals surface area contributed by atoms with Crippen LogP contribution in [0.5, 0.6) is 0 Å². The summed E-state index contributed by atoms with van der Waals surface area (Å²) in [5.41, 5.74) is 10.4. The van der Waals surface area contributed by atoms with Gasteiger partial charge in [0.05, 0.1) is 25.4 Å². The highest BCUT2D eigenvalue weighted by molar-refractivity contribution is 6.74. The summed E-state index contributed by atoms with van der Waals surface area (Å²) in [7, 11) is -4.35. The Hall–Kier alpha value is -1.20. The van der Waals surface area contributed by atoms with Crippen LogP contribution in [0, 0.1) is 0 Å². The average Bonchev–Trinajstić information content (AvgIpc) is 2.97. The van der Waals surface area contributed by atoms with Gasteiger partial charge < -0.3 is 18.3 Å². The van der Waals surface area contributed by atoms with Crippen LogP contribution in [0.2, 0.25) is 36.3 Å². The molecule has 186 valence electrons. The van der Waals surface area contributed by atoms with Crippen molar-refractivity contribution in [1.82, 2.24) is 0 Å². The third-order valence-corrected chi connectivity index (χ3v) is 16.2. The van der Waals surface area contributed by atoms with Gasteiger partial charge in [-0.05, 0) is 47.4 Å². The van der Waals surface area contributed by atoms with Crippen molar-refractivity contribution in [3.05, 3.63) is 46.3 Å². The molecule has 0 N–H and O–H groups in total. The summed E-state index contributed by atoms with van der Waals surface area (Å²) in [5.74, 6) is 0. The van der Waals surface area contributed by atoms with E-state index in [1.54, 1.807) is 0 Å². The second kappa shape index (κ2) is 10.6. The maximum Gasteiger partial charge on any atom is 0.195 e. The van der Waals surface area contributed by atoms with Crippen molar-refractivity contribution in [2.45, 2.75) is 109 Å². The SMILES string of the molecule is CC(C)(C)[Si](C)(C)O[C@@H]1O[C@H](COCc2ccccc2)[C@@H](N=[N+]=[N-])[C@H]1O[Si](C)(C)C(C)(C)C. The van der Waals surface area contributed by atoms with Gasteiger partial charge in [0.25, 0.3) is 0 Å². The Labute approximate surface area is 202 Å². The Kier molecular flexibility index (Phi) is 9.01. The average molecular weight is 494 g/mol. The van der Waals surface area contributed by atoms with Crippen LogP contribution in [0.15, 0.2) is 35.4 Å². The molecule has 1 fully saturated rings. The third kappa shape index (κ3) is 7.15. The molecule has 1 aromatic rings. The van der Waals surface area contributed by atoms with E-state index in [9.17, 15) is 5.53 Å². The summed E-state index contributed by atoms with van der Waals surface area (Å²) in [5, 5.41) is 4.13. The number of ether oxygens (including phenoxy) is 2. The third-order valence-electron chi connectivity index (χ3n) is 7.33. The fraction of sp³-hybridized carbons (Fsp3) is 0.750. The van der Waals surface area contributed by atoms with E-state index < -0.39 is 41.2 Å². The molecule has 0 spiro atoms. The van der Waals surface area contributed by atoms with E-state index in [2.05, 4.69) is 77.8 Å². The normalized spacial score (nSPS) is 24.5. The number of rotatable bonds is 9. The van der Waals surface area contributed by atoms with Gasteiger partial charge in [-0.1, -0.05) is 77.0 Å². The van der Waals surface area contributed by atoms with Gasteiger partial charge in [0.2, 0.25) is 0 Å². The molecule has 1 saturated heterocycles. The van der Waals surface area contributed by atoms with E-state index in [-0.39, 0.29) is 10.1 Å². The molecule has 1 heterocycles. The summed E-state index contributed by atoms with van der Waals surface area (Å²) in [6.07, 6.45) is -1.50. The Morgan fingerprint density at radius 3 is 2.00 bits per heavy atom. The summed E-state index contributed by atoms with van der Waals surface area (Å²) in [4.78, 5) is 3.14. The first kappa shape index (κ1) is 28.0. The number of hydrogen-bond acceptors (Lipinski definition) is 5. The Balaban J connectivity index is 2.29. The lowest BCUT2D eigenvalue weighted by Gasteiger charge is -2.43. The van der Waals surface area contributed by atoms with E-state index in [0.717, 1.165) is 5.56 Å². The lowest BCUT2D eigenvalue weighted by Crippen LogP contribution is -2.52. The molecule has 9 heteroatoms. The van der Waals surface area contributed by atoms with Gasteiger partial charge in [0, 0.05) is 4.91 Å². The smallest absolute Gasteiger partial charge is 0.195 e. The lowest BCUT2D eigenvalue weighted by molar-refractivity contribution is -0.126. The molecule has 1 aromatic carbocycles. The molecule has 0 aromatic heterocycles. The van der Waals surface area contributed by atoms with Crippen LogP contribution in [0.4, 0.5) is 0 Å². The first-order chi connectivity index (χ1) is 15.1. The van der Waals surface area contributed by atoms with Gasteiger partial charge in [-0.3, -0.25) is 0 Å². The zero-order valence-corrected chi connectivity index (χ0v) is 24.1. The largest absolute Gasteiger partial charge is 0.408 e. The van der Waals surface area contributed by atoms with Crippen molar-refractivity contribution < 1.29 is 18.3 Å². The highest BCUT2D eigenvalue weighted by Crippen LogP contribution is 2.43. The Morgan fingerprint density at radius 2 is 1.48 bits per heavy atom. The molecular formula is C24H43N3O4Si2. The van der Waals surface area contributed by atoms with Crippen LogP contribution in [-0.2, 0) is 24.9 Å². The maximum atomic E-state index is 9.36. The highest BCUT2D eigenvalue weighted by atomic mass is 28.4. The minimum Gasteiger partial charge on any atom is -0.408 e. The lowest BCUT2D eigenvalue weighted by atomic mass is 10.1. The maximum absolute atomic E-state index is 9.36. The van der Waals surface area contributed by atoms with Crippen molar-refractivity contribution in [2.24, 2.45) is 5.11 Å². The quantitative estimate of drug-likeness (QED) is 0.160. The molecule has 4 atom stereocenters. The molecule has 0 amide bonds. The second-order valence-corrected chi connectivity index (χ2v) is 21.5. The standard InChI is InChI=1S/C24H43N3O4Si2/c1-23(2,3)32(7,8)30-21-20(26-27-25)19(17-28-16-18-14-12-11-13-15-18)29-22(21)31-33(9,10)24(4,5)6/h11-15,19-22H,16-17H2,1-10H3/t19-,20-,21-,22+/m1/s1. The summed E-state index contributed by atoms with van der Waals surface area (Å²) >= 11 is 0. The minimum absolute atomic E-state index is 0.00265. The van der Waals surface area contributed by atoms with Crippen LogP contribution in [-0.4, -0.2) is 47.8 Å². The molecule has 1 aliphatic heterocycles. The van der Waals surface area contributed by atoms with E-state index in [4.69, 9.17) is 18.3 Å². The Bertz CT molecular complexity index is 815. The molecule has 0 unspecified atom stereocenters. The van der Waals surface area contributed by atoms with Crippen molar-refractivity contribution in [3.8, 4) is 0 Å². The molecule has 0 bridgehead atoms. The summed E-state index contributed by atoms with van der Waals surface area (Å²) in [6.45, 7) is 22.7. The molecule has 7 nitrogen and oxygen atoms in total. The fourth-order valence-corrected chi connectivity index (χ4v) is 5.52. The van der Waals surface area contributed by atoms with Crippen LogP contribution >= 0.6 is 0 Å². The van der Waals surface area contributed by atoms with Crippen molar-refractivity contribution in [2.75, 3.05) is 6.61 Å². The minimum atomic E-state index is -2.19. The summed E-state index contributed by atoms with van der Waals surface area (Å²) < 4.78 is 25.8. The van der Waals surface area contributed by atoms with Gasteiger partial charge in [0.1, 0.15) is 6.10 Å². The molecule has 2 rings (SSSR count). The first-order valence-corrected chi connectivity index (χ1v) is 17.6. The van der Waals surface area contributed by atoms with Gasteiger partial charge in [-0.15, -0.1) is 0 Å².